The van der Waals surface area contributed by atoms with Crippen LogP contribution >= 0.6 is 0 Å². The summed E-state index contributed by atoms with van der Waals surface area (Å²) in [7, 11) is 0. The topological polar surface area (TPSA) is 20.2 Å². The largest absolute Gasteiger partial charge is 0.393 e. The van der Waals surface area contributed by atoms with E-state index in [0.29, 0.717) is 16.7 Å². The third kappa shape index (κ3) is 1.71. The SMILES string of the molecule is C[C@]12CCC[C@@H]1[C@@H]1[C@H](O)C[C@H]3CCCC[C@]3(C)[C@H]1CC2. The summed E-state index contributed by atoms with van der Waals surface area (Å²) in [6, 6.07) is 0. The van der Waals surface area contributed by atoms with E-state index < -0.39 is 0 Å². The van der Waals surface area contributed by atoms with Gasteiger partial charge in [0.05, 0.1) is 6.10 Å². The van der Waals surface area contributed by atoms with Crippen molar-refractivity contribution in [3.8, 4) is 0 Å². The Labute approximate surface area is 124 Å². The number of aliphatic hydroxyl groups is 1. The van der Waals surface area contributed by atoms with Gasteiger partial charge in [-0.1, -0.05) is 33.1 Å². The van der Waals surface area contributed by atoms with E-state index in [1.165, 1.54) is 57.8 Å². The van der Waals surface area contributed by atoms with E-state index in [0.717, 1.165) is 24.2 Å². The molecule has 0 saturated heterocycles. The minimum absolute atomic E-state index is 0.0129. The van der Waals surface area contributed by atoms with E-state index in [2.05, 4.69) is 13.8 Å². The maximum atomic E-state index is 10.9. The summed E-state index contributed by atoms with van der Waals surface area (Å²) in [6.07, 6.45) is 13.9. The molecule has 114 valence electrons. The molecule has 0 aromatic heterocycles. The van der Waals surface area contributed by atoms with Crippen LogP contribution in [0.2, 0.25) is 0 Å². The molecule has 0 heterocycles. The second-order valence-electron chi connectivity index (χ2n) is 9.13. The monoisotopic (exact) mass is 276 g/mol. The Balaban J connectivity index is 1.69. The van der Waals surface area contributed by atoms with Crippen molar-refractivity contribution in [2.24, 2.45) is 34.5 Å². The van der Waals surface area contributed by atoms with Gasteiger partial charge in [-0.2, -0.15) is 0 Å². The normalized spacial score (nSPS) is 58.6. The molecule has 0 unspecified atom stereocenters. The van der Waals surface area contributed by atoms with Crippen LogP contribution in [0.4, 0.5) is 0 Å². The molecule has 1 nitrogen and oxygen atoms in total. The van der Waals surface area contributed by atoms with Crippen LogP contribution in [0.3, 0.4) is 0 Å². The molecule has 0 aromatic carbocycles. The van der Waals surface area contributed by atoms with Crippen LogP contribution in [0, 0.1) is 34.5 Å². The van der Waals surface area contributed by atoms with Gasteiger partial charge in [0.2, 0.25) is 0 Å². The lowest BCUT2D eigenvalue weighted by molar-refractivity contribution is -0.157. The quantitative estimate of drug-likeness (QED) is 0.675. The molecule has 4 saturated carbocycles. The Morgan fingerprint density at radius 2 is 1.70 bits per heavy atom. The van der Waals surface area contributed by atoms with E-state index in [1.54, 1.807) is 0 Å². The minimum atomic E-state index is 0.0129. The second-order valence-corrected chi connectivity index (χ2v) is 9.13. The average Bonchev–Trinajstić information content (AvgIpc) is 2.81. The van der Waals surface area contributed by atoms with Crippen molar-refractivity contribution < 1.29 is 5.11 Å². The lowest BCUT2D eigenvalue weighted by Gasteiger charge is -2.61. The highest BCUT2D eigenvalue weighted by molar-refractivity contribution is 5.09. The zero-order valence-electron chi connectivity index (χ0n) is 13.4. The van der Waals surface area contributed by atoms with Crippen LogP contribution in [0.1, 0.15) is 78.1 Å². The highest BCUT2D eigenvalue weighted by atomic mass is 16.3. The van der Waals surface area contributed by atoms with Crippen molar-refractivity contribution in [1.29, 1.82) is 0 Å². The van der Waals surface area contributed by atoms with Crippen LogP contribution in [-0.4, -0.2) is 11.2 Å². The summed E-state index contributed by atoms with van der Waals surface area (Å²) >= 11 is 0. The number of aliphatic hydroxyl groups excluding tert-OH is 1. The molecule has 1 heteroatoms. The lowest BCUT2D eigenvalue weighted by Crippen LogP contribution is -2.56. The van der Waals surface area contributed by atoms with Crippen LogP contribution in [-0.2, 0) is 0 Å². The van der Waals surface area contributed by atoms with Gasteiger partial charge in [-0.05, 0) is 79.4 Å². The second kappa shape index (κ2) is 4.48. The molecular weight excluding hydrogens is 244 g/mol. The molecule has 0 aromatic rings. The van der Waals surface area contributed by atoms with E-state index in [4.69, 9.17) is 0 Å². The highest BCUT2D eigenvalue weighted by Gasteiger charge is 2.59. The minimum Gasteiger partial charge on any atom is -0.393 e. The molecule has 0 aliphatic heterocycles. The van der Waals surface area contributed by atoms with Gasteiger partial charge in [0.25, 0.3) is 0 Å². The van der Waals surface area contributed by atoms with Crippen LogP contribution in [0.25, 0.3) is 0 Å². The van der Waals surface area contributed by atoms with Crippen molar-refractivity contribution in [3.05, 3.63) is 0 Å². The summed E-state index contributed by atoms with van der Waals surface area (Å²) < 4.78 is 0. The molecular formula is C19H32O. The average molecular weight is 276 g/mol. The summed E-state index contributed by atoms with van der Waals surface area (Å²) in [4.78, 5) is 0. The molecule has 0 bridgehead atoms. The van der Waals surface area contributed by atoms with Gasteiger partial charge < -0.3 is 5.11 Å². The third-order valence-corrected chi connectivity index (χ3v) is 8.38. The molecule has 4 fully saturated rings. The standard InChI is InChI=1S/C19H32O/c1-18-9-5-7-14(18)17-15(8-11-18)19(2)10-4-3-6-13(19)12-16(17)20/h13-17,20H,3-12H2,1-2H3/t13-,14-,15+,16-,17+,18-,19+/m1/s1. The first-order valence-corrected chi connectivity index (χ1v) is 9.23. The van der Waals surface area contributed by atoms with E-state index in [9.17, 15) is 5.11 Å². The number of hydrogen-bond donors (Lipinski definition) is 1. The Morgan fingerprint density at radius 3 is 2.55 bits per heavy atom. The maximum Gasteiger partial charge on any atom is 0.0577 e. The summed E-state index contributed by atoms with van der Waals surface area (Å²) in [6.45, 7) is 5.13. The first kappa shape index (κ1) is 13.6. The molecule has 7 atom stereocenters. The lowest BCUT2D eigenvalue weighted by atomic mass is 9.45. The molecule has 4 aliphatic rings. The van der Waals surface area contributed by atoms with Gasteiger partial charge in [-0.15, -0.1) is 0 Å². The fraction of sp³-hybridized carbons (Fsp3) is 1.00. The summed E-state index contributed by atoms with van der Waals surface area (Å²) in [5, 5.41) is 10.9. The van der Waals surface area contributed by atoms with Crippen molar-refractivity contribution in [1.82, 2.24) is 0 Å². The van der Waals surface area contributed by atoms with Gasteiger partial charge in [-0.25, -0.2) is 0 Å². The molecule has 1 N–H and O–H groups in total. The van der Waals surface area contributed by atoms with Crippen LogP contribution in [0.5, 0.6) is 0 Å². The number of hydrogen-bond acceptors (Lipinski definition) is 1. The van der Waals surface area contributed by atoms with E-state index in [-0.39, 0.29) is 6.10 Å². The van der Waals surface area contributed by atoms with Crippen molar-refractivity contribution >= 4 is 0 Å². The fourth-order valence-corrected chi connectivity index (χ4v) is 7.25. The predicted octanol–water partition coefficient (Wildman–Crippen LogP) is 4.78. The smallest absolute Gasteiger partial charge is 0.0577 e. The third-order valence-electron chi connectivity index (χ3n) is 8.38. The molecule has 0 radical (unpaired) electrons. The highest BCUT2D eigenvalue weighted by Crippen LogP contribution is 2.66. The number of fused-ring (bicyclic) bond motifs is 5. The Bertz CT molecular complexity index is 391. The van der Waals surface area contributed by atoms with Crippen molar-refractivity contribution in [2.75, 3.05) is 0 Å². The predicted molar refractivity (Wildman–Crippen MR) is 82.4 cm³/mol. The molecule has 0 spiro atoms. The van der Waals surface area contributed by atoms with Crippen LogP contribution < -0.4 is 0 Å². The first-order chi connectivity index (χ1) is 9.55. The molecule has 0 amide bonds. The zero-order chi connectivity index (χ0) is 14.0. The molecule has 4 aliphatic carbocycles. The first-order valence-electron chi connectivity index (χ1n) is 9.23. The van der Waals surface area contributed by atoms with E-state index >= 15 is 0 Å². The Kier molecular flexibility index (Phi) is 3.05. The summed E-state index contributed by atoms with van der Waals surface area (Å²) in [5.74, 6) is 3.11. The Hall–Kier alpha value is -0.0400. The maximum absolute atomic E-state index is 10.9. The van der Waals surface area contributed by atoms with Crippen LogP contribution in [0.15, 0.2) is 0 Å². The Morgan fingerprint density at radius 1 is 0.850 bits per heavy atom. The van der Waals surface area contributed by atoms with Gasteiger partial charge in [-0.3, -0.25) is 0 Å². The molecule has 20 heavy (non-hydrogen) atoms. The summed E-state index contributed by atoms with van der Waals surface area (Å²) in [5.41, 5.74) is 1.13. The van der Waals surface area contributed by atoms with Gasteiger partial charge in [0, 0.05) is 0 Å². The van der Waals surface area contributed by atoms with Crippen molar-refractivity contribution in [2.45, 2.75) is 84.2 Å². The van der Waals surface area contributed by atoms with Crippen molar-refractivity contribution in [3.63, 3.8) is 0 Å². The van der Waals surface area contributed by atoms with Gasteiger partial charge in [0.1, 0.15) is 0 Å². The van der Waals surface area contributed by atoms with Gasteiger partial charge >= 0.3 is 0 Å². The number of rotatable bonds is 0. The zero-order valence-corrected chi connectivity index (χ0v) is 13.4. The fourth-order valence-electron chi connectivity index (χ4n) is 7.25. The van der Waals surface area contributed by atoms with E-state index in [1.807, 2.05) is 0 Å². The molecule has 4 rings (SSSR count). The van der Waals surface area contributed by atoms with Gasteiger partial charge in [0.15, 0.2) is 0 Å².